The molecule has 3 rings (SSSR count). The van der Waals surface area contributed by atoms with Crippen molar-refractivity contribution < 1.29 is 9.47 Å². The zero-order valence-corrected chi connectivity index (χ0v) is 11.2. The van der Waals surface area contributed by atoms with Crippen molar-refractivity contribution in [3.63, 3.8) is 0 Å². The van der Waals surface area contributed by atoms with Gasteiger partial charge < -0.3 is 14.8 Å². The Kier molecular flexibility index (Phi) is 3.47. The smallest absolute Gasteiger partial charge is 0.173 e. The van der Waals surface area contributed by atoms with E-state index in [2.05, 4.69) is 39.4 Å². The number of hydrogen-bond acceptors (Lipinski definition) is 3. The van der Waals surface area contributed by atoms with Crippen LogP contribution in [-0.4, -0.2) is 18.9 Å². The van der Waals surface area contributed by atoms with Crippen LogP contribution in [0.1, 0.15) is 24.0 Å². The summed E-state index contributed by atoms with van der Waals surface area (Å²) in [6, 6.07) is 6.62. The largest absolute Gasteiger partial charge is 0.346 e. The third kappa shape index (κ3) is 2.55. The van der Waals surface area contributed by atoms with E-state index in [0.29, 0.717) is 19.3 Å². The second kappa shape index (κ2) is 5.06. The molecule has 1 fully saturated rings. The summed E-state index contributed by atoms with van der Waals surface area (Å²) in [6.45, 7) is 2.36. The van der Waals surface area contributed by atoms with Gasteiger partial charge in [-0.1, -0.05) is 22.0 Å². The van der Waals surface area contributed by atoms with Crippen LogP contribution >= 0.6 is 15.9 Å². The summed E-state index contributed by atoms with van der Waals surface area (Å²) in [5.74, 6) is 0. The first-order valence-corrected chi connectivity index (χ1v) is 6.86. The molecule has 0 radical (unpaired) electrons. The molecule has 0 amide bonds. The topological polar surface area (TPSA) is 30.5 Å². The molecule has 0 aromatic heterocycles. The lowest BCUT2D eigenvalue weighted by Crippen LogP contribution is -2.37. The van der Waals surface area contributed by atoms with Gasteiger partial charge in [-0.15, -0.1) is 0 Å². The number of benzene rings is 1. The molecule has 0 spiro atoms. The standard InChI is InChI=1S/C13H16BrNO2/c14-11-4-3-9-7-16-13(12-2-1-5-15-12)17-8-10(9)6-11/h3-4,6,12-13,15H,1-2,5,7-8H2. The minimum absolute atomic E-state index is 0.108. The van der Waals surface area contributed by atoms with Crippen molar-refractivity contribution in [3.8, 4) is 0 Å². The first-order valence-electron chi connectivity index (χ1n) is 6.07. The molecule has 1 N–H and O–H groups in total. The summed E-state index contributed by atoms with van der Waals surface area (Å²) in [7, 11) is 0. The van der Waals surface area contributed by atoms with Gasteiger partial charge in [-0.2, -0.15) is 0 Å². The van der Waals surface area contributed by atoms with E-state index in [-0.39, 0.29) is 6.29 Å². The van der Waals surface area contributed by atoms with Gasteiger partial charge in [0.25, 0.3) is 0 Å². The highest BCUT2D eigenvalue weighted by Gasteiger charge is 2.28. The Morgan fingerprint density at radius 2 is 2.00 bits per heavy atom. The number of hydrogen-bond donors (Lipinski definition) is 1. The third-order valence-electron chi connectivity index (χ3n) is 3.40. The van der Waals surface area contributed by atoms with E-state index in [4.69, 9.17) is 9.47 Å². The lowest BCUT2D eigenvalue weighted by Gasteiger charge is -2.21. The van der Waals surface area contributed by atoms with Crippen molar-refractivity contribution in [1.82, 2.24) is 5.32 Å². The lowest BCUT2D eigenvalue weighted by atomic mass is 10.1. The highest BCUT2D eigenvalue weighted by Crippen LogP contribution is 2.25. The summed E-state index contributed by atoms with van der Waals surface area (Å²) in [5, 5.41) is 3.43. The molecule has 1 saturated heterocycles. The first kappa shape index (κ1) is 11.7. The zero-order valence-electron chi connectivity index (χ0n) is 9.62. The van der Waals surface area contributed by atoms with Gasteiger partial charge in [0, 0.05) is 4.47 Å². The molecule has 0 saturated carbocycles. The molecule has 1 aromatic rings. The van der Waals surface area contributed by atoms with Crippen LogP contribution in [0.5, 0.6) is 0 Å². The average Bonchev–Trinajstić information content (AvgIpc) is 2.77. The molecule has 1 aromatic carbocycles. The zero-order chi connectivity index (χ0) is 11.7. The quantitative estimate of drug-likeness (QED) is 0.864. The monoisotopic (exact) mass is 297 g/mol. The Morgan fingerprint density at radius 3 is 2.76 bits per heavy atom. The van der Waals surface area contributed by atoms with E-state index in [1.807, 2.05) is 0 Å². The maximum atomic E-state index is 5.86. The molecular weight excluding hydrogens is 282 g/mol. The molecule has 92 valence electrons. The van der Waals surface area contributed by atoms with E-state index in [1.165, 1.54) is 17.5 Å². The summed E-state index contributed by atoms with van der Waals surface area (Å²) >= 11 is 3.49. The van der Waals surface area contributed by atoms with Crippen LogP contribution in [0.4, 0.5) is 0 Å². The molecule has 2 aliphatic rings. The Labute approximate surface area is 110 Å². The fraction of sp³-hybridized carbons (Fsp3) is 0.538. The number of halogens is 1. The van der Waals surface area contributed by atoms with Crippen LogP contribution in [0.15, 0.2) is 22.7 Å². The van der Waals surface area contributed by atoms with Crippen molar-refractivity contribution >= 4 is 15.9 Å². The molecule has 3 nitrogen and oxygen atoms in total. The fourth-order valence-electron chi connectivity index (χ4n) is 2.44. The fourth-order valence-corrected chi connectivity index (χ4v) is 2.85. The van der Waals surface area contributed by atoms with E-state index >= 15 is 0 Å². The normalized spacial score (nSPS) is 28.8. The molecule has 4 heteroatoms. The highest BCUT2D eigenvalue weighted by atomic mass is 79.9. The summed E-state index contributed by atoms with van der Waals surface area (Å²) in [5.41, 5.74) is 2.45. The number of fused-ring (bicyclic) bond motifs is 1. The minimum Gasteiger partial charge on any atom is -0.346 e. The molecular formula is C13H16BrNO2. The van der Waals surface area contributed by atoms with Gasteiger partial charge in [0.2, 0.25) is 0 Å². The first-order chi connectivity index (χ1) is 8.33. The Balaban J connectivity index is 1.74. The van der Waals surface area contributed by atoms with Gasteiger partial charge >= 0.3 is 0 Å². The molecule has 2 atom stereocenters. The molecule has 2 heterocycles. The lowest BCUT2D eigenvalue weighted by molar-refractivity contribution is -0.163. The Morgan fingerprint density at radius 1 is 1.18 bits per heavy atom. The van der Waals surface area contributed by atoms with Crippen molar-refractivity contribution in [2.24, 2.45) is 0 Å². The van der Waals surface area contributed by atoms with Crippen LogP contribution in [0.3, 0.4) is 0 Å². The van der Waals surface area contributed by atoms with Crippen LogP contribution in [0.2, 0.25) is 0 Å². The van der Waals surface area contributed by atoms with Gasteiger partial charge in [0.1, 0.15) is 0 Å². The maximum Gasteiger partial charge on any atom is 0.173 e. The van der Waals surface area contributed by atoms with Crippen LogP contribution in [0, 0.1) is 0 Å². The molecule has 0 aliphatic carbocycles. The Bertz CT molecular complexity index is 404. The average molecular weight is 298 g/mol. The van der Waals surface area contributed by atoms with Crippen molar-refractivity contribution in [2.45, 2.75) is 38.4 Å². The maximum absolute atomic E-state index is 5.86. The van der Waals surface area contributed by atoms with Gasteiger partial charge in [-0.25, -0.2) is 0 Å². The van der Waals surface area contributed by atoms with Crippen molar-refractivity contribution in [2.75, 3.05) is 6.54 Å². The highest BCUT2D eigenvalue weighted by molar-refractivity contribution is 9.10. The number of ether oxygens (including phenoxy) is 2. The minimum atomic E-state index is -0.108. The predicted octanol–water partition coefficient (Wildman–Crippen LogP) is 2.57. The van der Waals surface area contributed by atoms with Crippen molar-refractivity contribution in [1.29, 1.82) is 0 Å². The molecule has 2 unspecified atom stereocenters. The Hall–Kier alpha value is -0.420. The second-order valence-corrected chi connectivity index (χ2v) is 5.52. The second-order valence-electron chi connectivity index (χ2n) is 4.61. The van der Waals surface area contributed by atoms with Gasteiger partial charge in [-0.3, -0.25) is 0 Å². The molecule has 0 bridgehead atoms. The molecule has 17 heavy (non-hydrogen) atoms. The van der Waals surface area contributed by atoms with Crippen molar-refractivity contribution in [3.05, 3.63) is 33.8 Å². The molecule has 2 aliphatic heterocycles. The van der Waals surface area contributed by atoms with E-state index in [0.717, 1.165) is 17.4 Å². The number of nitrogens with one attached hydrogen (secondary N) is 1. The van der Waals surface area contributed by atoms with Crippen LogP contribution < -0.4 is 5.32 Å². The van der Waals surface area contributed by atoms with E-state index in [1.54, 1.807) is 0 Å². The number of rotatable bonds is 1. The predicted molar refractivity (Wildman–Crippen MR) is 68.5 cm³/mol. The van der Waals surface area contributed by atoms with Crippen LogP contribution in [-0.2, 0) is 22.7 Å². The third-order valence-corrected chi connectivity index (χ3v) is 3.89. The van der Waals surface area contributed by atoms with E-state index in [9.17, 15) is 0 Å². The summed E-state index contributed by atoms with van der Waals surface area (Å²) in [6.07, 6.45) is 2.25. The summed E-state index contributed by atoms with van der Waals surface area (Å²) < 4.78 is 12.8. The van der Waals surface area contributed by atoms with Crippen LogP contribution in [0.25, 0.3) is 0 Å². The SMILES string of the molecule is Brc1ccc2c(c1)COC(C1CCCN1)OC2. The van der Waals surface area contributed by atoms with Gasteiger partial charge in [0.15, 0.2) is 6.29 Å². The van der Waals surface area contributed by atoms with Gasteiger partial charge in [-0.05, 0) is 42.6 Å². The van der Waals surface area contributed by atoms with Gasteiger partial charge in [0.05, 0.1) is 19.3 Å². The van der Waals surface area contributed by atoms with E-state index < -0.39 is 0 Å². The summed E-state index contributed by atoms with van der Waals surface area (Å²) in [4.78, 5) is 0.